The van der Waals surface area contributed by atoms with E-state index in [2.05, 4.69) is 42.4 Å². The molecule has 0 unspecified atom stereocenters. The molecule has 1 fully saturated rings. The lowest BCUT2D eigenvalue weighted by molar-refractivity contribution is -0.0318. The van der Waals surface area contributed by atoms with E-state index in [4.69, 9.17) is 15.2 Å². The van der Waals surface area contributed by atoms with Crippen molar-refractivity contribution in [2.75, 3.05) is 31.7 Å². The highest BCUT2D eigenvalue weighted by Crippen LogP contribution is 2.13. The number of nitrogens with zero attached hydrogens (tertiary/aromatic N) is 1. The molecule has 0 radical (unpaired) electrons. The van der Waals surface area contributed by atoms with Crippen molar-refractivity contribution in [3.05, 3.63) is 29.3 Å². The second-order valence-corrected chi connectivity index (χ2v) is 5.80. The molecule has 0 saturated carbocycles. The molecule has 1 aromatic carbocycles. The van der Waals surface area contributed by atoms with Gasteiger partial charge in [-0.15, -0.1) is 24.0 Å². The average molecular weight is 433 g/mol. The molecule has 0 amide bonds. The zero-order valence-electron chi connectivity index (χ0n) is 14.0. The minimum atomic E-state index is 0. The van der Waals surface area contributed by atoms with Gasteiger partial charge < -0.3 is 20.5 Å². The van der Waals surface area contributed by atoms with Crippen LogP contribution in [0.15, 0.2) is 23.2 Å². The molecule has 5 nitrogen and oxygen atoms in total. The molecule has 6 heteroatoms. The van der Waals surface area contributed by atoms with Crippen LogP contribution in [-0.4, -0.2) is 38.4 Å². The smallest absolute Gasteiger partial charge is 0.193 e. The lowest BCUT2D eigenvalue weighted by Crippen LogP contribution is -2.24. The highest BCUT2D eigenvalue weighted by atomic mass is 127. The van der Waals surface area contributed by atoms with Gasteiger partial charge in [-0.1, -0.05) is 6.07 Å². The first kappa shape index (κ1) is 20.2. The summed E-state index contributed by atoms with van der Waals surface area (Å²) in [6.07, 6.45) is 3.23. The van der Waals surface area contributed by atoms with Crippen molar-refractivity contribution in [3.8, 4) is 0 Å². The van der Waals surface area contributed by atoms with E-state index in [9.17, 15) is 0 Å². The van der Waals surface area contributed by atoms with Crippen LogP contribution in [0, 0.1) is 13.8 Å². The third-order valence-electron chi connectivity index (χ3n) is 3.60. The normalized spacial score (nSPS) is 16.0. The molecule has 0 aromatic heterocycles. The molecule has 0 bridgehead atoms. The quantitative estimate of drug-likeness (QED) is 0.313. The zero-order valence-corrected chi connectivity index (χ0v) is 16.3. The van der Waals surface area contributed by atoms with Crippen molar-refractivity contribution in [1.29, 1.82) is 0 Å². The third kappa shape index (κ3) is 7.99. The minimum Gasteiger partial charge on any atom is -0.381 e. The van der Waals surface area contributed by atoms with Gasteiger partial charge in [-0.05, 0) is 56.4 Å². The van der Waals surface area contributed by atoms with Crippen LogP contribution in [0.3, 0.4) is 0 Å². The number of hydrogen-bond donors (Lipinski definition) is 2. The van der Waals surface area contributed by atoms with Gasteiger partial charge in [-0.3, -0.25) is 4.99 Å². The molecular formula is C17H28IN3O2. The Morgan fingerprint density at radius 3 is 2.57 bits per heavy atom. The fraction of sp³-hybridized carbons (Fsp3) is 0.588. The van der Waals surface area contributed by atoms with Crippen molar-refractivity contribution >= 4 is 35.6 Å². The van der Waals surface area contributed by atoms with Gasteiger partial charge in [0.2, 0.25) is 0 Å². The van der Waals surface area contributed by atoms with Gasteiger partial charge in [0, 0.05) is 32.1 Å². The van der Waals surface area contributed by atoms with Crippen molar-refractivity contribution < 1.29 is 9.47 Å². The summed E-state index contributed by atoms with van der Waals surface area (Å²) in [5.74, 6) is 0.455. The average Bonchev–Trinajstić information content (AvgIpc) is 2.47. The number of guanidine groups is 1. The number of aryl methyl sites for hydroxylation is 2. The number of aliphatic imine (C=N–C) groups is 1. The second kappa shape index (κ2) is 10.8. The zero-order chi connectivity index (χ0) is 15.8. The van der Waals surface area contributed by atoms with Gasteiger partial charge in [0.25, 0.3) is 0 Å². The molecule has 3 N–H and O–H groups in total. The van der Waals surface area contributed by atoms with Gasteiger partial charge in [0.15, 0.2) is 5.96 Å². The van der Waals surface area contributed by atoms with E-state index < -0.39 is 0 Å². The SMILES string of the molecule is Cc1cc(C)cc(NC(N)=NCCCOC2CCOCC2)c1.I. The van der Waals surface area contributed by atoms with Crippen molar-refractivity contribution in [2.24, 2.45) is 10.7 Å². The van der Waals surface area contributed by atoms with E-state index in [1.807, 2.05) is 0 Å². The van der Waals surface area contributed by atoms with E-state index in [1.54, 1.807) is 0 Å². The summed E-state index contributed by atoms with van der Waals surface area (Å²) in [5, 5.41) is 3.13. The molecular weight excluding hydrogens is 405 g/mol. The molecule has 0 spiro atoms. The van der Waals surface area contributed by atoms with Crippen LogP contribution < -0.4 is 11.1 Å². The summed E-state index contributed by atoms with van der Waals surface area (Å²) in [7, 11) is 0. The number of halogens is 1. The van der Waals surface area contributed by atoms with Crippen LogP contribution in [0.2, 0.25) is 0 Å². The minimum absolute atomic E-state index is 0. The maximum atomic E-state index is 5.91. The first-order valence-corrected chi connectivity index (χ1v) is 7.98. The summed E-state index contributed by atoms with van der Waals surface area (Å²) >= 11 is 0. The topological polar surface area (TPSA) is 68.9 Å². The summed E-state index contributed by atoms with van der Waals surface area (Å²) in [5.41, 5.74) is 9.31. The molecule has 1 saturated heterocycles. The lowest BCUT2D eigenvalue weighted by Gasteiger charge is -2.22. The Kier molecular flexibility index (Phi) is 9.50. The molecule has 130 valence electrons. The van der Waals surface area contributed by atoms with Crippen molar-refractivity contribution in [1.82, 2.24) is 0 Å². The fourth-order valence-electron chi connectivity index (χ4n) is 2.59. The molecule has 1 heterocycles. The van der Waals surface area contributed by atoms with Gasteiger partial charge in [0.05, 0.1) is 6.10 Å². The Bertz CT molecular complexity index is 482. The van der Waals surface area contributed by atoms with Gasteiger partial charge in [-0.25, -0.2) is 0 Å². The van der Waals surface area contributed by atoms with Crippen molar-refractivity contribution in [3.63, 3.8) is 0 Å². The van der Waals surface area contributed by atoms with Gasteiger partial charge >= 0.3 is 0 Å². The van der Waals surface area contributed by atoms with Crippen molar-refractivity contribution in [2.45, 2.75) is 39.2 Å². The molecule has 0 atom stereocenters. The van der Waals surface area contributed by atoms with E-state index >= 15 is 0 Å². The molecule has 1 aliphatic heterocycles. The molecule has 0 aliphatic carbocycles. The molecule has 1 aromatic rings. The second-order valence-electron chi connectivity index (χ2n) is 5.80. The van der Waals surface area contributed by atoms with E-state index in [-0.39, 0.29) is 24.0 Å². The summed E-state index contributed by atoms with van der Waals surface area (Å²) in [6, 6.07) is 6.25. The Morgan fingerprint density at radius 2 is 1.91 bits per heavy atom. The molecule has 1 aliphatic rings. The van der Waals surface area contributed by atoms with E-state index in [0.29, 0.717) is 18.6 Å². The van der Waals surface area contributed by atoms with E-state index in [0.717, 1.165) is 44.8 Å². The summed E-state index contributed by atoms with van der Waals surface area (Å²) in [4.78, 5) is 4.34. The summed E-state index contributed by atoms with van der Waals surface area (Å²) in [6.45, 7) is 7.17. The van der Waals surface area contributed by atoms with Crippen LogP contribution in [0.25, 0.3) is 0 Å². The van der Waals surface area contributed by atoms with E-state index in [1.165, 1.54) is 11.1 Å². The highest BCUT2D eigenvalue weighted by Gasteiger charge is 2.13. The van der Waals surface area contributed by atoms with Crippen LogP contribution in [0.4, 0.5) is 5.69 Å². The highest BCUT2D eigenvalue weighted by molar-refractivity contribution is 14.0. The largest absolute Gasteiger partial charge is 0.381 e. The first-order valence-electron chi connectivity index (χ1n) is 7.98. The van der Waals surface area contributed by atoms with Crippen LogP contribution in [0.1, 0.15) is 30.4 Å². The predicted octanol–water partition coefficient (Wildman–Crippen LogP) is 3.23. The van der Waals surface area contributed by atoms with Gasteiger partial charge in [0.1, 0.15) is 0 Å². The monoisotopic (exact) mass is 433 g/mol. The number of rotatable bonds is 6. The number of hydrogen-bond acceptors (Lipinski definition) is 3. The maximum Gasteiger partial charge on any atom is 0.193 e. The lowest BCUT2D eigenvalue weighted by atomic mass is 10.1. The Morgan fingerprint density at radius 1 is 1.26 bits per heavy atom. The fourth-order valence-corrected chi connectivity index (χ4v) is 2.59. The number of nitrogens with two attached hydrogens (primary N) is 1. The van der Waals surface area contributed by atoms with Gasteiger partial charge in [-0.2, -0.15) is 0 Å². The Labute approximate surface area is 156 Å². The standard InChI is InChI=1S/C17H27N3O2.HI/c1-13-10-14(2)12-15(11-13)20-17(18)19-6-3-7-22-16-4-8-21-9-5-16;/h10-12,16H,3-9H2,1-2H3,(H3,18,19,20);1H. The predicted molar refractivity (Wildman–Crippen MR) is 106 cm³/mol. The maximum absolute atomic E-state index is 5.91. The number of anilines is 1. The molecule has 2 rings (SSSR count). The Hall–Kier alpha value is -0.860. The van der Waals surface area contributed by atoms with Crippen LogP contribution in [-0.2, 0) is 9.47 Å². The molecule has 23 heavy (non-hydrogen) atoms. The Balaban J connectivity index is 0.00000264. The number of benzene rings is 1. The first-order chi connectivity index (χ1) is 10.6. The number of ether oxygens (including phenoxy) is 2. The van der Waals surface area contributed by atoms with Crippen LogP contribution >= 0.6 is 24.0 Å². The van der Waals surface area contributed by atoms with Crippen LogP contribution in [0.5, 0.6) is 0 Å². The summed E-state index contributed by atoms with van der Waals surface area (Å²) < 4.78 is 11.1. The third-order valence-corrected chi connectivity index (χ3v) is 3.60. The number of nitrogens with one attached hydrogen (secondary N) is 1.